The number of fused-ring (bicyclic) bond motifs is 1. The van der Waals surface area contributed by atoms with Crippen molar-refractivity contribution in [2.75, 3.05) is 26.9 Å². The summed E-state index contributed by atoms with van der Waals surface area (Å²) >= 11 is 0. The van der Waals surface area contributed by atoms with E-state index in [1.54, 1.807) is 7.11 Å². The molecule has 3 nitrogen and oxygen atoms in total. The number of nitrogens with one attached hydrogen (secondary N) is 1. The number of methoxy groups -OCH3 is 1. The normalized spacial score (nSPS) is 22.2. The molecule has 0 radical (unpaired) electrons. The third-order valence-corrected chi connectivity index (χ3v) is 3.71. The minimum Gasteiger partial charge on any atom is -0.385 e. The molecule has 0 fully saturated rings. The molecule has 0 saturated carbocycles. The number of rotatable bonds is 7. The van der Waals surface area contributed by atoms with Gasteiger partial charge in [0, 0.05) is 20.3 Å². The number of hydrogen-bond donors (Lipinski definition) is 1. The molecule has 1 N–H and O–H groups in total. The van der Waals surface area contributed by atoms with Crippen molar-refractivity contribution in [3.63, 3.8) is 0 Å². The van der Waals surface area contributed by atoms with Gasteiger partial charge in [0.1, 0.15) is 0 Å². The van der Waals surface area contributed by atoms with E-state index in [1.165, 1.54) is 11.1 Å². The fourth-order valence-electron chi connectivity index (χ4n) is 2.81. The Morgan fingerprint density at radius 1 is 1.26 bits per heavy atom. The summed E-state index contributed by atoms with van der Waals surface area (Å²) in [6.07, 6.45) is 3.47. The van der Waals surface area contributed by atoms with Crippen LogP contribution in [-0.2, 0) is 15.9 Å². The topological polar surface area (TPSA) is 30.5 Å². The van der Waals surface area contributed by atoms with Gasteiger partial charge >= 0.3 is 0 Å². The number of ether oxygens (including phenoxy) is 2. The minimum absolute atomic E-state index is 0.284. The first kappa shape index (κ1) is 14.5. The van der Waals surface area contributed by atoms with Gasteiger partial charge in [-0.25, -0.2) is 0 Å². The van der Waals surface area contributed by atoms with Crippen LogP contribution in [0, 0.1) is 0 Å². The fourth-order valence-corrected chi connectivity index (χ4v) is 2.81. The zero-order valence-corrected chi connectivity index (χ0v) is 12.0. The van der Waals surface area contributed by atoms with Crippen molar-refractivity contribution in [3.05, 3.63) is 35.4 Å². The molecular formula is C16H25NO2. The Labute approximate surface area is 116 Å². The minimum atomic E-state index is 0.284. The largest absolute Gasteiger partial charge is 0.385 e. The van der Waals surface area contributed by atoms with Crippen molar-refractivity contribution in [2.24, 2.45) is 0 Å². The van der Waals surface area contributed by atoms with Crippen LogP contribution in [-0.4, -0.2) is 33.0 Å². The summed E-state index contributed by atoms with van der Waals surface area (Å²) in [5, 5.41) is 3.58. The van der Waals surface area contributed by atoms with E-state index in [0.717, 1.165) is 39.0 Å². The Morgan fingerprint density at radius 2 is 2.11 bits per heavy atom. The first-order chi connectivity index (χ1) is 9.36. The maximum absolute atomic E-state index is 6.06. The molecule has 0 spiro atoms. The maximum atomic E-state index is 6.06. The SMILES string of the molecule is CCNC1c2ccccc2CCC1OCCCOC. The lowest BCUT2D eigenvalue weighted by Crippen LogP contribution is -2.38. The summed E-state index contributed by atoms with van der Waals surface area (Å²) in [4.78, 5) is 0. The van der Waals surface area contributed by atoms with E-state index in [-0.39, 0.29) is 6.10 Å². The van der Waals surface area contributed by atoms with Gasteiger partial charge in [-0.3, -0.25) is 0 Å². The highest BCUT2D eigenvalue weighted by atomic mass is 16.5. The van der Waals surface area contributed by atoms with Crippen LogP contribution in [0.15, 0.2) is 24.3 Å². The zero-order valence-electron chi connectivity index (χ0n) is 12.0. The third-order valence-electron chi connectivity index (χ3n) is 3.71. The van der Waals surface area contributed by atoms with E-state index < -0.39 is 0 Å². The van der Waals surface area contributed by atoms with Gasteiger partial charge in [0.2, 0.25) is 0 Å². The average Bonchev–Trinajstić information content (AvgIpc) is 2.45. The number of likely N-dealkylation sites (N-methyl/N-ethyl adjacent to an activating group) is 1. The van der Waals surface area contributed by atoms with Crippen molar-refractivity contribution in [1.82, 2.24) is 5.32 Å². The lowest BCUT2D eigenvalue weighted by Gasteiger charge is -2.34. The zero-order chi connectivity index (χ0) is 13.5. The van der Waals surface area contributed by atoms with Gasteiger partial charge in [0.25, 0.3) is 0 Å². The van der Waals surface area contributed by atoms with Crippen molar-refractivity contribution in [1.29, 1.82) is 0 Å². The van der Waals surface area contributed by atoms with Gasteiger partial charge in [0.05, 0.1) is 12.1 Å². The molecule has 106 valence electrons. The molecule has 2 rings (SSSR count). The summed E-state index contributed by atoms with van der Waals surface area (Å²) < 4.78 is 11.1. The van der Waals surface area contributed by atoms with Crippen LogP contribution in [0.5, 0.6) is 0 Å². The van der Waals surface area contributed by atoms with Gasteiger partial charge in [0.15, 0.2) is 0 Å². The molecule has 0 aliphatic heterocycles. The van der Waals surface area contributed by atoms with Crippen LogP contribution < -0.4 is 5.32 Å². The lowest BCUT2D eigenvalue weighted by atomic mass is 9.85. The van der Waals surface area contributed by atoms with Crippen LogP contribution in [0.25, 0.3) is 0 Å². The number of benzene rings is 1. The van der Waals surface area contributed by atoms with Gasteiger partial charge in [-0.2, -0.15) is 0 Å². The quantitative estimate of drug-likeness (QED) is 0.767. The molecular weight excluding hydrogens is 238 g/mol. The van der Waals surface area contributed by atoms with Crippen molar-refractivity contribution >= 4 is 0 Å². The van der Waals surface area contributed by atoms with E-state index in [9.17, 15) is 0 Å². The Kier molecular flexibility index (Phi) is 5.83. The summed E-state index contributed by atoms with van der Waals surface area (Å²) in [6, 6.07) is 9.05. The average molecular weight is 263 g/mol. The highest BCUT2D eigenvalue weighted by Gasteiger charge is 2.29. The standard InChI is InChI=1S/C16H25NO2/c1-3-17-16-14-8-5-4-7-13(14)9-10-15(16)19-12-6-11-18-2/h4-5,7-8,15-17H,3,6,9-12H2,1-2H3. The summed E-state index contributed by atoms with van der Waals surface area (Å²) in [5.74, 6) is 0. The van der Waals surface area contributed by atoms with E-state index in [1.807, 2.05) is 0 Å². The number of hydrogen-bond acceptors (Lipinski definition) is 3. The van der Waals surface area contributed by atoms with Crippen LogP contribution >= 0.6 is 0 Å². The molecule has 19 heavy (non-hydrogen) atoms. The van der Waals surface area contributed by atoms with Gasteiger partial charge in [-0.1, -0.05) is 31.2 Å². The second-order valence-electron chi connectivity index (χ2n) is 5.03. The predicted octanol–water partition coefficient (Wildman–Crippen LogP) is 2.71. The monoisotopic (exact) mass is 263 g/mol. The van der Waals surface area contributed by atoms with Gasteiger partial charge < -0.3 is 14.8 Å². The van der Waals surface area contributed by atoms with E-state index >= 15 is 0 Å². The van der Waals surface area contributed by atoms with Crippen molar-refractivity contribution < 1.29 is 9.47 Å². The highest BCUT2D eigenvalue weighted by molar-refractivity contribution is 5.33. The Balaban J connectivity index is 2.00. The van der Waals surface area contributed by atoms with E-state index in [4.69, 9.17) is 9.47 Å². The molecule has 0 aromatic heterocycles. The molecule has 0 saturated heterocycles. The summed E-state index contributed by atoms with van der Waals surface area (Å²) in [5.41, 5.74) is 2.87. The highest BCUT2D eigenvalue weighted by Crippen LogP contribution is 2.31. The van der Waals surface area contributed by atoms with E-state index in [0.29, 0.717) is 6.04 Å². The molecule has 1 aromatic rings. The second-order valence-corrected chi connectivity index (χ2v) is 5.03. The smallest absolute Gasteiger partial charge is 0.0773 e. The molecule has 1 aromatic carbocycles. The van der Waals surface area contributed by atoms with Crippen LogP contribution in [0.4, 0.5) is 0 Å². The van der Waals surface area contributed by atoms with E-state index in [2.05, 4.69) is 36.5 Å². The first-order valence-electron chi connectivity index (χ1n) is 7.28. The predicted molar refractivity (Wildman–Crippen MR) is 77.4 cm³/mol. The lowest BCUT2D eigenvalue weighted by molar-refractivity contribution is 0.00698. The van der Waals surface area contributed by atoms with Gasteiger partial charge in [-0.15, -0.1) is 0 Å². The number of aryl methyl sites for hydroxylation is 1. The molecule has 0 amide bonds. The molecule has 1 aliphatic rings. The molecule has 0 heterocycles. The summed E-state index contributed by atoms with van der Waals surface area (Å²) in [7, 11) is 1.73. The van der Waals surface area contributed by atoms with Crippen LogP contribution in [0.1, 0.15) is 36.9 Å². The van der Waals surface area contributed by atoms with Crippen molar-refractivity contribution in [2.45, 2.75) is 38.3 Å². The maximum Gasteiger partial charge on any atom is 0.0773 e. The Morgan fingerprint density at radius 3 is 2.89 bits per heavy atom. The Bertz CT molecular complexity index is 381. The fraction of sp³-hybridized carbons (Fsp3) is 0.625. The second kappa shape index (κ2) is 7.63. The third kappa shape index (κ3) is 3.78. The molecule has 2 unspecified atom stereocenters. The molecule has 1 aliphatic carbocycles. The summed E-state index contributed by atoms with van der Waals surface area (Å²) in [6.45, 7) is 4.67. The molecule has 2 atom stereocenters. The Hall–Kier alpha value is -0.900. The molecule has 0 bridgehead atoms. The molecule has 3 heteroatoms. The van der Waals surface area contributed by atoms with Crippen LogP contribution in [0.2, 0.25) is 0 Å². The van der Waals surface area contributed by atoms with Gasteiger partial charge in [-0.05, 0) is 36.9 Å². The van der Waals surface area contributed by atoms with Crippen LogP contribution in [0.3, 0.4) is 0 Å². The van der Waals surface area contributed by atoms with Crippen molar-refractivity contribution in [3.8, 4) is 0 Å². The first-order valence-corrected chi connectivity index (χ1v) is 7.28.